The van der Waals surface area contributed by atoms with E-state index in [1.165, 1.54) is 12.8 Å². The van der Waals surface area contributed by atoms with E-state index in [4.69, 9.17) is 0 Å². The molecule has 11 heavy (non-hydrogen) atoms. The highest BCUT2D eigenvalue weighted by Crippen LogP contribution is 2.26. The quantitative estimate of drug-likeness (QED) is 0.606. The summed E-state index contributed by atoms with van der Waals surface area (Å²) in [6, 6.07) is 0. The molecule has 1 aliphatic carbocycles. The van der Waals surface area contributed by atoms with Crippen LogP contribution in [0, 0.1) is 5.92 Å². The Morgan fingerprint density at radius 1 is 1.45 bits per heavy atom. The molecule has 1 N–H and O–H groups in total. The molecule has 64 valence electrons. The van der Waals surface area contributed by atoms with Crippen LogP contribution in [0.25, 0.3) is 0 Å². The first-order valence-electron chi connectivity index (χ1n) is 4.45. The normalized spacial score (nSPS) is 25.5. The Morgan fingerprint density at radius 2 is 2.18 bits per heavy atom. The number of aliphatic hydroxyl groups is 1. The highest BCUT2D eigenvalue weighted by molar-refractivity contribution is 4.91. The Kier molecular flexibility index (Phi) is 2.72. The Balaban J connectivity index is 2.32. The van der Waals surface area contributed by atoms with Gasteiger partial charge in [0, 0.05) is 0 Å². The lowest BCUT2D eigenvalue weighted by molar-refractivity contribution is 0.0510. The second kappa shape index (κ2) is 3.40. The Bertz CT molecular complexity index is 141. The zero-order valence-corrected chi connectivity index (χ0v) is 7.51. The van der Waals surface area contributed by atoms with Crippen LogP contribution in [-0.4, -0.2) is 10.7 Å². The summed E-state index contributed by atoms with van der Waals surface area (Å²) in [7, 11) is 0. The topological polar surface area (TPSA) is 20.2 Å². The van der Waals surface area contributed by atoms with Gasteiger partial charge in [0.25, 0.3) is 0 Å². The van der Waals surface area contributed by atoms with Crippen LogP contribution in [0.3, 0.4) is 0 Å². The number of hydrogen-bond acceptors (Lipinski definition) is 1. The van der Waals surface area contributed by atoms with Crippen molar-refractivity contribution in [3.05, 3.63) is 12.2 Å². The van der Waals surface area contributed by atoms with Crippen molar-refractivity contribution >= 4 is 0 Å². The molecule has 1 aliphatic rings. The Labute approximate surface area is 69.1 Å². The third kappa shape index (κ3) is 3.57. The van der Waals surface area contributed by atoms with Crippen LogP contribution in [0.1, 0.15) is 39.5 Å². The van der Waals surface area contributed by atoms with Gasteiger partial charge >= 0.3 is 0 Å². The summed E-state index contributed by atoms with van der Waals surface area (Å²) in [6.45, 7) is 3.79. The molecular formula is C10H18O. The molecule has 1 atom stereocenters. The molecule has 0 bridgehead atoms. The van der Waals surface area contributed by atoms with Crippen LogP contribution in [0.15, 0.2) is 12.2 Å². The molecule has 0 aromatic heterocycles. The molecule has 0 aliphatic heterocycles. The molecular weight excluding hydrogens is 136 g/mol. The first-order valence-corrected chi connectivity index (χ1v) is 4.45. The van der Waals surface area contributed by atoms with Crippen LogP contribution in [0.2, 0.25) is 0 Å². The van der Waals surface area contributed by atoms with E-state index in [-0.39, 0.29) is 0 Å². The predicted molar refractivity (Wildman–Crippen MR) is 47.4 cm³/mol. The second-order valence-corrected chi connectivity index (χ2v) is 4.17. The van der Waals surface area contributed by atoms with Crippen LogP contribution < -0.4 is 0 Å². The van der Waals surface area contributed by atoms with Gasteiger partial charge in [-0.3, -0.25) is 0 Å². The van der Waals surface area contributed by atoms with Gasteiger partial charge in [-0.2, -0.15) is 0 Å². The maximum absolute atomic E-state index is 9.55. The van der Waals surface area contributed by atoms with E-state index >= 15 is 0 Å². The van der Waals surface area contributed by atoms with Gasteiger partial charge in [0.1, 0.15) is 0 Å². The molecule has 0 spiro atoms. The van der Waals surface area contributed by atoms with E-state index in [2.05, 4.69) is 12.2 Å². The van der Waals surface area contributed by atoms with Crippen molar-refractivity contribution in [2.75, 3.05) is 0 Å². The van der Waals surface area contributed by atoms with E-state index in [0.29, 0.717) is 5.92 Å². The van der Waals surface area contributed by atoms with Crippen molar-refractivity contribution in [3.8, 4) is 0 Å². The largest absolute Gasteiger partial charge is 0.390 e. The van der Waals surface area contributed by atoms with Gasteiger partial charge in [-0.25, -0.2) is 0 Å². The minimum absolute atomic E-state index is 0.476. The zero-order chi connectivity index (χ0) is 8.32. The van der Waals surface area contributed by atoms with Crippen molar-refractivity contribution in [1.29, 1.82) is 0 Å². The van der Waals surface area contributed by atoms with E-state index in [1.54, 1.807) is 0 Å². The monoisotopic (exact) mass is 154 g/mol. The maximum atomic E-state index is 9.55. The molecule has 0 amide bonds. The average molecular weight is 154 g/mol. The van der Waals surface area contributed by atoms with E-state index in [1.807, 2.05) is 13.8 Å². The van der Waals surface area contributed by atoms with Crippen LogP contribution >= 0.6 is 0 Å². The molecule has 0 saturated carbocycles. The fourth-order valence-corrected chi connectivity index (χ4v) is 1.75. The van der Waals surface area contributed by atoms with Crippen molar-refractivity contribution < 1.29 is 5.11 Å². The Hall–Kier alpha value is -0.300. The number of hydrogen-bond donors (Lipinski definition) is 1. The van der Waals surface area contributed by atoms with Crippen LogP contribution in [0.5, 0.6) is 0 Å². The summed E-state index contributed by atoms with van der Waals surface area (Å²) in [4.78, 5) is 0. The fraction of sp³-hybridized carbons (Fsp3) is 0.800. The molecule has 1 heteroatoms. The number of allylic oxidation sites excluding steroid dienone is 2. The van der Waals surface area contributed by atoms with Gasteiger partial charge in [-0.05, 0) is 45.4 Å². The SMILES string of the molecule is CC(C)(O)CC1CC=CCC1. The molecule has 0 fully saturated rings. The molecule has 0 aromatic carbocycles. The summed E-state index contributed by atoms with van der Waals surface area (Å²) < 4.78 is 0. The third-order valence-corrected chi connectivity index (χ3v) is 2.17. The summed E-state index contributed by atoms with van der Waals surface area (Å²) in [5.74, 6) is 0.708. The van der Waals surface area contributed by atoms with E-state index < -0.39 is 5.60 Å². The molecule has 1 unspecified atom stereocenters. The van der Waals surface area contributed by atoms with Crippen molar-refractivity contribution in [3.63, 3.8) is 0 Å². The van der Waals surface area contributed by atoms with Gasteiger partial charge in [0.05, 0.1) is 5.60 Å². The maximum Gasteiger partial charge on any atom is 0.0594 e. The molecule has 0 radical (unpaired) electrons. The van der Waals surface area contributed by atoms with Crippen molar-refractivity contribution in [1.82, 2.24) is 0 Å². The summed E-state index contributed by atoms with van der Waals surface area (Å²) in [5, 5.41) is 9.55. The molecule has 0 heterocycles. The van der Waals surface area contributed by atoms with Gasteiger partial charge in [0.2, 0.25) is 0 Å². The predicted octanol–water partition coefficient (Wildman–Crippen LogP) is 2.50. The van der Waals surface area contributed by atoms with Crippen molar-refractivity contribution in [2.45, 2.75) is 45.1 Å². The lowest BCUT2D eigenvalue weighted by Gasteiger charge is -2.25. The molecule has 1 nitrogen and oxygen atoms in total. The first-order chi connectivity index (χ1) is 5.08. The number of rotatable bonds is 2. The third-order valence-electron chi connectivity index (χ3n) is 2.17. The molecule has 1 rings (SSSR count). The zero-order valence-electron chi connectivity index (χ0n) is 7.51. The molecule has 0 aromatic rings. The van der Waals surface area contributed by atoms with Gasteiger partial charge in [-0.1, -0.05) is 12.2 Å². The average Bonchev–Trinajstić information content (AvgIpc) is 1.85. The van der Waals surface area contributed by atoms with Gasteiger partial charge in [-0.15, -0.1) is 0 Å². The van der Waals surface area contributed by atoms with E-state index in [0.717, 1.165) is 12.8 Å². The smallest absolute Gasteiger partial charge is 0.0594 e. The van der Waals surface area contributed by atoms with Gasteiger partial charge < -0.3 is 5.11 Å². The highest BCUT2D eigenvalue weighted by Gasteiger charge is 2.19. The lowest BCUT2D eigenvalue weighted by Crippen LogP contribution is -2.23. The summed E-state index contributed by atoms with van der Waals surface area (Å²) in [5.41, 5.74) is -0.476. The minimum atomic E-state index is -0.476. The first kappa shape index (κ1) is 8.79. The van der Waals surface area contributed by atoms with Gasteiger partial charge in [0.15, 0.2) is 0 Å². The standard InChI is InChI=1S/C10H18O/c1-10(2,11)8-9-6-4-3-5-7-9/h3-4,9,11H,5-8H2,1-2H3. The van der Waals surface area contributed by atoms with Crippen LogP contribution in [0.4, 0.5) is 0 Å². The minimum Gasteiger partial charge on any atom is -0.390 e. The summed E-state index contributed by atoms with van der Waals surface area (Å²) >= 11 is 0. The van der Waals surface area contributed by atoms with E-state index in [9.17, 15) is 5.11 Å². The fourth-order valence-electron chi connectivity index (χ4n) is 1.75. The summed E-state index contributed by atoms with van der Waals surface area (Å²) in [6.07, 6.45) is 9.02. The Morgan fingerprint density at radius 3 is 2.64 bits per heavy atom. The lowest BCUT2D eigenvalue weighted by atomic mass is 9.85. The second-order valence-electron chi connectivity index (χ2n) is 4.17. The van der Waals surface area contributed by atoms with Crippen LogP contribution in [-0.2, 0) is 0 Å². The molecule has 0 saturated heterocycles. The van der Waals surface area contributed by atoms with Crippen molar-refractivity contribution in [2.24, 2.45) is 5.92 Å². The highest BCUT2D eigenvalue weighted by atomic mass is 16.3.